The van der Waals surface area contributed by atoms with Crippen molar-refractivity contribution < 1.29 is 22.3 Å². The summed E-state index contributed by atoms with van der Waals surface area (Å²) in [5, 5.41) is 8.09. The van der Waals surface area contributed by atoms with E-state index in [1.807, 2.05) is 4.68 Å². The third kappa shape index (κ3) is 3.88. The van der Waals surface area contributed by atoms with Crippen LogP contribution in [0.2, 0.25) is 0 Å². The Bertz CT molecular complexity index is 1020. The van der Waals surface area contributed by atoms with E-state index in [-0.39, 0.29) is 18.3 Å². The Balaban J connectivity index is 1.69. The number of methoxy groups -OCH3 is 1. The molecule has 1 fully saturated rings. The molecule has 3 aromatic rings. The monoisotopic (exact) mass is 407 g/mol. The summed E-state index contributed by atoms with van der Waals surface area (Å²) in [5.74, 6) is 0.0151. The molecule has 0 aliphatic heterocycles. The molecule has 4 rings (SSSR count). The number of aromatic nitrogens is 2. The van der Waals surface area contributed by atoms with Crippen molar-refractivity contribution >= 4 is 16.7 Å². The molecule has 0 unspecified atom stereocenters. The van der Waals surface area contributed by atoms with Crippen LogP contribution in [-0.2, 0) is 12.7 Å². The lowest BCUT2D eigenvalue weighted by molar-refractivity contribution is -0.137. The first-order chi connectivity index (χ1) is 13.9. The largest absolute Gasteiger partial charge is 0.494 e. The van der Waals surface area contributed by atoms with Gasteiger partial charge in [0.1, 0.15) is 0 Å². The summed E-state index contributed by atoms with van der Waals surface area (Å²) in [6, 6.07) is 8.45. The third-order valence-electron chi connectivity index (χ3n) is 5.38. The van der Waals surface area contributed by atoms with Gasteiger partial charge in [0.05, 0.1) is 24.2 Å². The maximum atomic E-state index is 13.9. The Morgan fingerprint density at radius 3 is 2.55 bits per heavy atom. The summed E-state index contributed by atoms with van der Waals surface area (Å²) in [7, 11) is 1.39. The predicted molar refractivity (Wildman–Crippen MR) is 103 cm³/mol. The van der Waals surface area contributed by atoms with Crippen molar-refractivity contribution in [3.63, 3.8) is 0 Å². The van der Waals surface area contributed by atoms with Crippen LogP contribution >= 0.6 is 0 Å². The molecule has 29 heavy (non-hydrogen) atoms. The summed E-state index contributed by atoms with van der Waals surface area (Å²) >= 11 is 0. The second-order valence-corrected chi connectivity index (χ2v) is 7.28. The molecule has 1 saturated carbocycles. The third-order valence-corrected chi connectivity index (χ3v) is 5.38. The van der Waals surface area contributed by atoms with Crippen molar-refractivity contribution in [1.82, 2.24) is 9.78 Å². The lowest BCUT2D eigenvalue weighted by atomic mass is 10.1. The Kier molecular flexibility index (Phi) is 5.10. The van der Waals surface area contributed by atoms with Crippen LogP contribution in [0.5, 0.6) is 5.75 Å². The topological polar surface area (TPSA) is 39.1 Å². The Morgan fingerprint density at radius 1 is 1.14 bits per heavy atom. The summed E-state index contributed by atoms with van der Waals surface area (Å²) in [6.45, 7) is 0.230. The first kappa shape index (κ1) is 19.5. The number of hydrogen-bond acceptors (Lipinski definition) is 3. The number of fused-ring (bicyclic) bond motifs is 1. The van der Waals surface area contributed by atoms with Crippen LogP contribution in [0.3, 0.4) is 0 Å². The highest BCUT2D eigenvalue weighted by Crippen LogP contribution is 2.37. The Morgan fingerprint density at radius 2 is 1.90 bits per heavy atom. The molecule has 0 amide bonds. The zero-order chi connectivity index (χ0) is 20.6. The Hall–Kier alpha value is -2.77. The molecule has 0 bridgehead atoms. The smallest absolute Gasteiger partial charge is 0.416 e. The van der Waals surface area contributed by atoms with Crippen molar-refractivity contribution in [3.8, 4) is 5.75 Å². The van der Waals surface area contributed by atoms with Crippen molar-refractivity contribution in [3.05, 3.63) is 53.3 Å². The number of nitrogens with zero attached hydrogens (tertiary/aromatic N) is 2. The maximum absolute atomic E-state index is 13.9. The average molecular weight is 407 g/mol. The molecule has 4 nitrogen and oxygen atoms in total. The summed E-state index contributed by atoms with van der Waals surface area (Å²) in [5.41, 5.74) is 0.599. The van der Waals surface area contributed by atoms with Crippen LogP contribution in [0.1, 0.15) is 42.9 Å². The minimum Gasteiger partial charge on any atom is -0.494 e. The molecule has 1 aliphatic rings. The maximum Gasteiger partial charge on any atom is 0.416 e. The second kappa shape index (κ2) is 7.57. The van der Waals surface area contributed by atoms with Crippen LogP contribution in [0, 0.1) is 5.82 Å². The fraction of sp³-hybridized carbons (Fsp3) is 0.381. The van der Waals surface area contributed by atoms with Crippen LogP contribution < -0.4 is 10.1 Å². The van der Waals surface area contributed by atoms with Crippen molar-refractivity contribution in [1.29, 1.82) is 0 Å². The number of anilines is 1. The molecular weight excluding hydrogens is 386 g/mol. The quantitative estimate of drug-likeness (QED) is 0.533. The highest BCUT2D eigenvalue weighted by molar-refractivity contribution is 5.91. The van der Waals surface area contributed by atoms with E-state index < -0.39 is 17.6 Å². The van der Waals surface area contributed by atoms with E-state index in [9.17, 15) is 17.6 Å². The van der Waals surface area contributed by atoms with Gasteiger partial charge in [-0.25, -0.2) is 4.39 Å². The van der Waals surface area contributed by atoms with E-state index in [1.54, 1.807) is 6.07 Å². The first-order valence-corrected chi connectivity index (χ1v) is 9.52. The van der Waals surface area contributed by atoms with E-state index in [2.05, 4.69) is 10.4 Å². The zero-order valence-electron chi connectivity index (χ0n) is 15.9. The number of benzene rings is 2. The van der Waals surface area contributed by atoms with Crippen LogP contribution in [0.4, 0.5) is 23.4 Å². The molecule has 154 valence electrons. The van der Waals surface area contributed by atoms with E-state index in [0.717, 1.165) is 37.8 Å². The number of alkyl halides is 3. The van der Waals surface area contributed by atoms with Crippen molar-refractivity contribution in [2.24, 2.45) is 0 Å². The summed E-state index contributed by atoms with van der Waals surface area (Å²) in [4.78, 5) is 0. The number of halogens is 4. The fourth-order valence-corrected chi connectivity index (χ4v) is 3.88. The van der Waals surface area contributed by atoms with Crippen LogP contribution in [0.25, 0.3) is 10.9 Å². The van der Waals surface area contributed by atoms with Gasteiger partial charge in [-0.2, -0.15) is 18.3 Å². The van der Waals surface area contributed by atoms with Gasteiger partial charge in [0, 0.05) is 11.9 Å². The number of hydrogen-bond donors (Lipinski definition) is 1. The molecule has 0 spiro atoms. The number of ether oxygens (including phenoxy) is 1. The van der Waals surface area contributed by atoms with Gasteiger partial charge < -0.3 is 10.1 Å². The van der Waals surface area contributed by atoms with Crippen molar-refractivity contribution in [2.45, 2.75) is 44.4 Å². The van der Waals surface area contributed by atoms with Gasteiger partial charge in [-0.15, -0.1) is 0 Å². The number of rotatable bonds is 5. The first-order valence-electron chi connectivity index (χ1n) is 9.52. The normalized spacial score (nSPS) is 15.2. The van der Waals surface area contributed by atoms with E-state index in [0.29, 0.717) is 22.3 Å². The molecule has 0 radical (unpaired) electrons. The molecular formula is C21H21F4N3O. The summed E-state index contributed by atoms with van der Waals surface area (Å²) < 4.78 is 60.3. The molecule has 0 atom stereocenters. The number of nitrogens with one attached hydrogen (secondary N) is 1. The molecule has 1 heterocycles. The standard InChI is InChI=1S/C21H21F4N3O/c1-29-19-9-6-13(10-17(19)22)12-26-20-16-11-14(21(23,24)25)7-8-18(16)28(27-20)15-4-2-3-5-15/h6-11,15H,2-5,12H2,1H3,(H,26,27). The van der Waals surface area contributed by atoms with E-state index in [1.165, 1.54) is 25.3 Å². The second-order valence-electron chi connectivity index (χ2n) is 7.28. The fourth-order valence-electron chi connectivity index (χ4n) is 3.88. The molecule has 1 aliphatic carbocycles. The Labute approximate surface area is 165 Å². The van der Waals surface area contributed by atoms with Gasteiger partial charge in [-0.3, -0.25) is 4.68 Å². The molecule has 2 aromatic carbocycles. The SMILES string of the molecule is COc1ccc(CNc2nn(C3CCCC3)c3ccc(C(F)(F)F)cc23)cc1F. The van der Waals surface area contributed by atoms with E-state index in [4.69, 9.17) is 4.74 Å². The highest BCUT2D eigenvalue weighted by atomic mass is 19.4. The van der Waals surface area contributed by atoms with E-state index >= 15 is 0 Å². The minimum atomic E-state index is -4.43. The highest BCUT2D eigenvalue weighted by Gasteiger charge is 2.32. The van der Waals surface area contributed by atoms with Gasteiger partial charge in [-0.1, -0.05) is 18.9 Å². The van der Waals surface area contributed by atoms with Gasteiger partial charge in [0.25, 0.3) is 0 Å². The van der Waals surface area contributed by atoms with Crippen molar-refractivity contribution in [2.75, 3.05) is 12.4 Å². The minimum absolute atomic E-state index is 0.138. The molecule has 1 aromatic heterocycles. The van der Waals surface area contributed by atoms with Gasteiger partial charge in [-0.05, 0) is 48.7 Å². The van der Waals surface area contributed by atoms with Gasteiger partial charge in [0.15, 0.2) is 17.4 Å². The zero-order valence-corrected chi connectivity index (χ0v) is 15.9. The lowest BCUT2D eigenvalue weighted by Crippen LogP contribution is -2.08. The molecule has 8 heteroatoms. The average Bonchev–Trinajstić information content (AvgIpc) is 3.33. The predicted octanol–water partition coefficient (Wildman–Crippen LogP) is 5.93. The lowest BCUT2D eigenvalue weighted by Gasteiger charge is -2.11. The molecule has 0 saturated heterocycles. The summed E-state index contributed by atoms with van der Waals surface area (Å²) in [6.07, 6.45) is -0.344. The van der Waals surface area contributed by atoms with Gasteiger partial charge in [0.2, 0.25) is 0 Å². The van der Waals surface area contributed by atoms with Gasteiger partial charge >= 0.3 is 6.18 Å². The van der Waals surface area contributed by atoms with Crippen LogP contribution in [-0.4, -0.2) is 16.9 Å². The molecule has 1 N–H and O–H groups in total. The van der Waals surface area contributed by atoms with Crippen LogP contribution in [0.15, 0.2) is 36.4 Å².